The van der Waals surface area contributed by atoms with Gasteiger partial charge in [0.2, 0.25) is 12.7 Å². The highest BCUT2D eigenvalue weighted by atomic mass is 32.2. The molecule has 3 aliphatic rings. The number of esters is 1. The molecule has 2 fully saturated rings. The summed E-state index contributed by atoms with van der Waals surface area (Å²) in [6.45, 7) is -0.203. The van der Waals surface area contributed by atoms with Crippen molar-refractivity contribution in [1.82, 2.24) is 15.0 Å². The second-order valence-electron chi connectivity index (χ2n) is 9.57. The van der Waals surface area contributed by atoms with Gasteiger partial charge in [0.15, 0.2) is 5.16 Å². The molecule has 0 aliphatic heterocycles. The van der Waals surface area contributed by atoms with Gasteiger partial charge in [-0.1, -0.05) is 11.8 Å². The highest BCUT2D eigenvalue weighted by molar-refractivity contribution is 7.98. The number of unbranched alkanes of at least 4 members (excludes halogenated alkanes) is 1. The summed E-state index contributed by atoms with van der Waals surface area (Å²) >= 11 is 1.63. The number of carbonyl (C=O) groups is 2. The van der Waals surface area contributed by atoms with Gasteiger partial charge in [0.25, 0.3) is 0 Å². The molecule has 1 N–H and O–H groups in total. The number of hydrogen-bond donors (Lipinski definition) is 1. The molecule has 0 aromatic carbocycles. The first kappa shape index (κ1) is 24.0. The summed E-state index contributed by atoms with van der Waals surface area (Å²) in [4.78, 5) is 36.7. The number of aryl methyl sites for hydroxylation is 1. The normalized spacial score (nSPS) is 16.7. The summed E-state index contributed by atoms with van der Waals surface area (Å²) in [5, 5.41) is 9.36. The van der Waals surface area contributed by atoms with Gasteiger partial charge in [-0.15, -0.1) is 0 Å². The number of hydrogen-bond acceptors (Lipinski definition) is 8. The van der Waals surface area contributed by atoms with Crippen molar-refractivity contribution in [2.75, 3.05) is 6.79 Å². The van der Waals surface area contributed by atoms with E-state index in [1.54, 1.807) is 11.8 Å². The molecule has 8 nitrogen and oxygen atoms in total. The zero-order chi connectivity index (χ0) is 24.2. The van der Waals surface area contributed by atoms with Gasteiger partial charge in [0.1, 0.15) is 0 Å². The van der Waals surface area contributed by atoms with E-state index >= 15 is 0 Å². The van der Waals surface area contributed by atoms with Gasteiger partial charge in [-0.25, -0.2) is 4.98 Å². The lowest BCUT2D eigenvalue weighted by molar-refractivity contribution is -0.150. The van der Waals surface area contributed by atoms with Crippen LogP contribution in [-0.2, 0) is 32.9 Å². The van der Waals surface area contributed by atoms with Crippen LogP contribution in [0.3, 0.4) is 0 Å². The van der Waals surface area contributed by atoms with Gasteiger partial charge < -0.3 is 14.6 Å². The van der Waals surface area contributed by atoms with Crippen LogP contribution in [0, 0.1) is 0 Å². The maximum atomic E-state index is 11.9. The number of thioether (sulfide) groups is 1. The van der Waals surface area contributed by atoms with Crippen LogP contribution in [0.5, 0.6) is 5.88 Å². The van der Waals surface area contributed by atoms with Crippen LogP contribution in [-0.4, -0.2) is 38.8 Å². The van der Waals surface area contributed by atoms with E-state index in [1.807, 2.05) is 6.20 Å². The lowest BCUT2D eigenvalue weighted by atomic mass is 10.0. The first-order valence-corrected chi connectivity index (χ1v) is 13.6. The minimum absolute atomic E-state index is 0.0562. The Morgan fingerprint density at radius 2 is 1.86 bits per heavy atom. The van der Waals surface area contributed by atoms with Crippen LogP contribution < -0.4 is 4.74 Å². The van der Waals surface area contributed by atoms with Gasteiger partial charge in [-0.2, -0.15) is 4.98 Å². The van der Waals surface area contributed by atoms with E-state index in [1.165, 1.54) is 42.5 Å². The van der Waals surface area contributed by atoms with Gasteiger partial charge in [-0.05, 0) is 80.9 Å². The second-order valence-corrected chi connectivity index (χ2v) is 10.5. The van der Waals surface area contributed by atoms with Crippen LogP contribution >= 0.6 is 11.8 Å². The van der Waals surface area contributed by atoms with Crippen LogP contribution in [0.15, 0.2) is 17.4 Å². The zero-order valence-electron chi connectivity index (χ0n) is 19.8. The van der Waals surface area contributed by atoms with E-state index in [4.69, 9.17) is 24.5 Å². The first-order valence-electron chi connectivity index (χ1n) is 12.6. The Bertz CT molecular complexity index is 1070. The van der Waals surface area contributed by atoms with Gasteiger partial charge in [0.05, 0.1) is 5.69 Å². The Balaban J connectivity index is 1.21. The fraction of sp³-hybridized carbons (Fsp3) is 0.577. The van der Waals surface area contributed by atoms with Crippen LogP contribution in [0.25, 0.3) is 0 Å². The Labute approximate surface area is 209 Å². The van der Waals surface area contributed by atoms with Crippen molar-refractivity contribution in [2.45, 2.75) is 93.4 Å². The second kappa shape index (κ2) is 10.9. The number of aliphatic carboxylic acids is 1. The Morgan fingerprint density at radius 1 is 1.06 bits per heavy atom. The topological polar surface area (TPSA) is 112 Å². The Morgan fingerprint density at radius 3 is 2.63 bits per heavy atom. The summed E-state index contributed by atoms with van der Waals surface area (Å²) in [5.41, 5.74) is 6.10. The predicted molar refractivity (Wildman–Crippen MR) is 129 cm³/mol. The molecule has 0 unspecified atom stereocenters. The molecule has 2 aromatic rings. The average Bonchev–Trinajstić information content (AvgIpc) is 3.78. The molecule has 9 heteroatoms. The zero-order valence-corrected chi connectivity index (χ0v) is 20.6. The summed E-state index contributed by atoms with van der Waals surface area (Å²) in [5.74, 6) is 1.32. The van der Waals surface area contributed by atoms with E-state index in [0.717, 1.165) is 36.3 Å². The average molecular weight is 498 g/mol. The standard InChI is InChI=1S/C26H31N3O5S/c30-22(31)6-1-2-7-23(32)33-15-34-25-19-4-3-5-21(19)28-26(29-25)35-14-20-18(16-8-9-16)12-13-27-24(20)17-10-11-17/h12-13,16-17H,1-11,14-15H2,(H,30,31). The molecular formula is C26H31N3O5S. The summed E-state index contributed by atoms with van der Waals surface area (Å²) in [6, 6.07) is 2.19. The largest absolute Gasteiger partial charge is 0.481 e. The van der Waals surface area contributed by atoms with Crippen molar-refractivity contribution < 1.29 is 24.2 Å². The molecule has 0 saturated heterocycles. The van der Waals surface area contributed by atoms with Crippen molar-refractivity contribution in [1.29, 1.82) is 0 Å². The third-order valence-corrected chi connectivity index (χ3v) is 7.64. The fourth-order valence-corrected chi connectivity index (χ4v) is 5.54. The number of carbonyl (C=O) groups excluding carboxylic acids is 1. The molecule has 0 atom stereocenters. The minimum atomic E-state index is -0.857. The molecule has 0 bridgehead atoms. The summed E-state index contributed by atoms with van der Waals surface area (Å²) in [6.07, 6.45) is 10.9. The number of pyridine rings is 1. The van der Waals surface area contributed by atoms with E-state index in [2.05, 4.69) is 11.1 Å². The number of rotatable bonds is 13. The molecule has 35 heavy (non-hydrogen) atoms. The first-order chi connectivity index (χ1) is 17.1. The molecule has 2 aromatic heterocycles. The van der Waals surface area contributed by atoms with Crippen LogP contribution in [0.2, 0.25) is 0 Å². The summed E-state index contributed by atoms with van der Waals surface area (Å²) < 4.78 is 11.0. The van der Waals surface area contributed by atoms with Crippen LogP contribution in [0.1, 0.15) is 97.7 Å². The minimum Gasteiger partial charge on any atom is -0.481 e. The van der Waals surface area contributed by atoms with Gasteiger partial charge in [-0.3, -0.25) is 14.6 Å². The number of nitrogens with zero attached hydrogens (tertiary/aromatic N) is 3. The number of ether oxygens (including phenoxy) is 2. The molecular weight excluding hydrogens is 466 g/mol. The van der Waals surface area contributed by atoms with E-state index in [-0.39, 0.29) is 19.6 Å². The van der Waals surface area contributed by atoms with Gasteiger partial charge >= 0.3 is 11.9 Å². The lowest BCUT2D eigenvalue weighted by Gasteiger charge is -2.14. The maximum Gasteiger partial charge on any atom is 0.308 e. The molecule has 3 aliphatic carbocycles. The highest BCUT2D eigenvalue weighted by Gasteiger charge is 2.33. The third kappa shape index (κ3) is 6.31. The van der Waals surface area contributed by atoms with E-state index in [0.29, 0.717) is 35.7 Å². The predicted octanol–water partition coefficient (Wildman–Crippen LogP) is 4.93. The summed E-state index contributed by atoms with van der Waals surface area (Å²) in [7, 11) is 0. The molecule has 2 heterocycles. The lowest BCUT2D eigenvalue weighted by Crippen LogP contribution is -2.12. The molecule has 2 saturated carbocycles. The van der Waals surface area contributed by atoms with Crippen molar-refractivity contribution in [3.8, 4) is 5.88 Å². The number of carboxylic acid groups (broad SMARTS) is 1. The maximum absolute atomic E-state index is 11.9. The molecule has 0 spiro atoms. The smallest absolute Gasteiger partial charge is 0.308 e. The Kier molecular flexibility index (Phi) is 7.51. The Hall–Kier alpha value is -2.68. The van der Waals surface area contributed by atoms with E-state index < -0.39 is 11.9 Å². The van der Waals surface area contributed by atoms with E-state index in [9.17, 15) is 9.59 Å². The van der Waals surface area contributed by atoms with Crippen molar-refractivity contribution in [2.24, 2.45) is 0 Å². The quantitative estimate of drug-likeness (QED) is 0.135. The van der Waals surface area contributed by atoms with Gasteiger partial charge in [0, 0.05) is 42.0 Å². The molecule has 186 valence electrons. The number of aromatic nitrogens is 3. The number of fused-ring (bicyclic) bond motifs is 1. The number of carboxylic acids is 1. The fourth-order valence-electron chi connectivity index (χ4n) is 4.63. The SMILES string of the molecule is O=C(O)CCCCC(=O)OCOc1nc(SCc2c(C3CC3)ccnc2C2CC2)nc2c1CCC2. The monoisotopic (exact) mass is 497 g/mol. The van der Waals surface area contributed by atoms with Crippen molar-refractivity contribution in [3.05, 3.63) is 40.3 Å². The van der Waals surface area contributed by atoms with Crippen molar-refractivity contribution in [3.63, 3.8) is 0 Å². The van der Waals surface area contributed by atoms with Crippen LogP contribution in [0.4, 0.5) is 0 Å². The highest BCUT2D eigenvalue weighted by Crippen LogP contribution is 2.47. The molecule has 0 amide bonds. The van der Waals surface area contributed by atoms with Crippen molar-refractivity contribution >= 4 is 23.7 Å². The third-order valence-electron chi connectivity index (χ3n) is 6.76. The molecule has 0 radical (unpaired) electrons. The molecule has 5 rings (SSSR count).